The van der Waals surface area contributed by atoms with E-state index in [0.29, 0.717) is 49.3 Å². The SMILES string of the molecule is COCOc1c(Cl)cc(Cl)cc1Sc1cc(OC)c(OCc2ccccc2)cc1C(=O)OC. The minimum Gasteiger partial charge on any atom is -0.493 e. The molecule has 0 aromatic heterocycles. The van der Waals surface area contributed by atoms with Crippen LogP contribution in [0.3, 0.4) is 0 Å². The van der Waals surface area contributed by atoms with Crippen molar-refractivity contribution in [3.8, 4) is 17.2 Å². The van der Waals surface area contributed by atoms with E-state index in [0.717, 1.165) is 5.56 Å². The number of carbonyl (C=O) groups excluding carboxylic acids is 1. The fraction of sp³-hybridized carbons (Fsp3) is 0.208. The highest BCUT2D eigenvalue weighted by Gasteiger charge is 2.21. The van der Waals surface area contributed by atoms with E-state index in [9.17, 15) is 4.79 Å². The van der Waals surface area contributed by atoms with Crippen LogP contribution in [0.1, 0.15) is 15.9 Å². The molecule has 0 heterocycles. The molecule has 0 radical (unpaired) electrons. The molecule has 0 bridgehead atoms. The Morgan fingerprint density at radius 1 is 0.909 bits per heavy atom. The molecule has 3 aromatic carbocycles. The number of benzene rings is 3. The van der Waals surface area contributed by atoms with Crippen molar-refractivity contribution in [2.75, 3.05) is 28.1 Å². The minimum absolute atomic E-state index is 0.00560. The monoisotopic (exact) mass is 508 g/mol. The van der Waals surface area contributed by atoms with Gasteiger partial charge in [-0.3, -0.25) is 0 Å². The number of hydrogen-bond acceptors (Lipinski definition) is 7. The van der Waals surface area contributed by atoms with Crippen molar-refractivity contribution in [2.24, 2.45) is 0 Å². The van der Waals surface area contributed by atoms with Gasteiger partial charge in [0.25, 0.3) is 0 Å². The molecule has 0 aliphatic carbocycles. The van der Waals surface area contributed by atoms with Crippen molar-refractivity contribution in [1.29, 1.82) is 0 Å². The first-order chi connectivity index (χ1) is 16.0. The predicted molar refractivity (Wildman–Crippen MR) is 128 cm³/mol. The van der Waals surface area contributed by atoms with Gasteiger partial charge in [-0.05, 0) is 29.8 Å². The molecule has 174 valence electrons. The summed E-state index contributed by atoms with van der Waals surface area (Å²) in [7, 11) is 4.35. The van der Waals surface area contributed by atoms with Crippen LogP contribution < -0.4 is 14.2 Å². The highest BCUT2D eigenvalue weighted by molar-refractivity contribution is 7.99. The van der Waals surface area contributed by atoms with Crippen LogP contribution in [0.2, 0.25) is 10.0 Å². The number of rotatable bonds is 10. The molecule has 3 rings (SSSR count). The maximum Gasteiger partial charge on any atom is 0.339 e. The van der Waals surface area contributed by atoms with Gasteiger partial charge in [-0.2, -0.15) is 0 Å². The quantitative estimate of drug-likeness (QED) is 0.228. The molecule has 33 heavy (non-hydrogen) atoms. The molecular formula is C24H22Cl2O6S. The molecule has 0 amide bonds. The van der Waals surface area contributed by atoms with Gasteiger partial charge >= 0.3 is 5.97 Å². The molecule has 0 N–H and O–H groups in total. The number of ether oxygens (including phenoxy) is 5. The Bertz CT molecular complexity index is 1110. The zero-order valence-electron chi connectivity index (χ0n) is 18.2. The van der Waals surface area contributed by atoms with Crippen molar-refractivity contribution < 1.29 is 28.5 Å². The van der Waals surface area contributed by atoms with Gasteiger partial charge in [0.15, 0.2) is 24.0 Å². The van der Waals surface area contributed by atoms with Crippen molar-refractivity contribution in [3.05, 3.63) is 75.8 Å². The van der Waals surface area contributed by atoms with Crippen LogP contribution in [0.15, 0.2) is 64.4 Å². The highest BCUT2D eigenvalue weighted by atomic mass is 35.5. The first-order valence-corrected chi connectivity index (χ1v) is 11.3. The zero-order chi connectivity index (χ0) is 23.8. The van der Waals surface area contributed by atoms with Gasteiger partial charge in [0.1, 0.15) is 6.61 Å². The molecule has 0 saturated carbocycles. The first kappa shape index (κ1) is 25.1. The third-order valence-electron chi connectivity index (χ3n) is 4.42. The van der Waals surface area contributed by atoms with Crippen LogP contribution in [-0.2, 0) is 16.1 Å². The lowest BCUT2D eigenvalue weighted by atomic mass is 10.2. The minimum atomic E-state index is -0.530. The number of esters is 1. The van der Waals surface area contributed by atoms with E-state index in [2.05, 4.69) is 0 Å². The maximum absolute atomic E-state index is 12.6. The lowest BCUT2D eigenvalue weighted by molar-refractivity contribution is 0.0492. The standard InChI is InChI=1S/C24H22Cl2O6S/c1-28-14-32-23-18(26)9-16(25)10-22(23)33-21-12-19(29-2)20(11-17(21)24(27)30-3)31-13-15-7-5-4-6-8-15/h4-12H,13-14H2,1-3H3. The number of carbonyl (C=O) groups is 1. The predicted octanol–water partition coefficient (Wildman–Crippen LogP) is 6.50. The third-order valence-corrected chi connectivity index (χ3v) is 6.00. The van der Waals surface area contributed by atoms with E-state index in [1.54, 1.807) is 24.3 Å². The number of halogens is 2. The van der Waals surface area contributed by atoms with Gasteiger partial charge in [0, 0.05) is 17.0 Å². The van der Waals surface area contributed by atoms with Gasteiger partial charge in [-0.25, -0.2) is 4.79 Å². The van der Waals surface area contributed by atoms with Crippen LogP contribution in [0.5, 0.6) is 17.2 Å². The fourth-order valence-electron chi connectivity index (χ4n) is 2.89. The maximum atomic E-state index is 12.6. The highest BCUT2D eigenvalue weighted by Crippen LogP contribution is 2.45. The molecule has 0 aliphatic heterocycles. The second kappa shape index (κ2) is 12.0. The number of methoxy groups -OCH3 is 3. The second-order valence-electron chi connectivity index (χ2n) is 6.63. The van der Waals surface area contributed by atoms with Crippen LogP contribution in [0.25, 0.3) is 0 Å². The summed E-state index contributed by atoms with van der Waals surface area (Å²) in [6.45, 7) is 0.303. The molecule has 0 fully saturated rings. The second-order valence-corrected chi connectivity index (χ2v) is 8.56. The van der Waals surface area contributed by atoms with Crippen LogP contribution >= 0.6 is 35.0 Å². The van der Waals surface area contributed by atoms with E-state index in [-0.39, 0.29) is 6.79 Å². The molecule has 0 saturated heterocycles. The Morgan fingerprint density at radius 2 is 1.67 bits per heavy atom. The Hall–Kier alpha value is -2.58. The van der Waals surface area contributed by atoms with E-state index < -0.39 is 5.97 Å². The molecule has 6 nitrogen and oxygen atoms in total. The van der Waals surface area contributed by atoms with E-state index in [4.69, 9.17) is 46.9 Å². The van der Waals surface area contributed by atoms with Crippen molar-refractivity contribution in [2.45, 2.75) is 16.4 Å². The van der Waals surface area contributed by atoms with Gasteiger partial charge < -0.3 is 23.7 Å². The Kier molecular flexibility index (Phi) is 9.14. The number of hydrogen-bond donors (Lipinski definition) is 0. The van der Waals surface area contributed by atoms with E-state index >= 15 is 0 Å². The van der Waals surface area contributed by atoms with Crippen LogP contribution in [0.4, 0.5) is 0 Å². The van der Waals surface area contributed by atoms with Crippen LogP contribution in [0, 0.1) is 0 Å². The van der Waals surface area contributed by atoms with E-state index in [1.165, 1.54) is 33.1 Å². The molecular weight excluding hydrogens is 487 g/mol. The van der Waals surface area contributed by atoms with Gasteiger partial charge in [0.05, 0.1) is 29.7 Å². The van der Waals surface area contributed by atoms with Crippen molar-refractivity contribution in [3.63, 3.8) is 0 Å². The lowest BCUT2D eigenvalue weighted by Crippen LogP contribution is -2.06. The summed E-state index contributed by atoms with van der Waals surface area (Å²) in [5, 5.41) is 0.734. The molecule has 9 heteroatoms. The molecule has 0 atom stereocenters. The normalized spacial score (nSPS) is 10.6. The van der Waals surface area contributed by atoms with Gasteiger partial charge in [-0.15, -0.1) is 0 Å². The third kappa shape index (κ3) is 6.48. The summed E-state index contributed by atoms with van der Waals surface area (Å²) < 4.78 is 27.1. The van der Waals surface area contributed by atoms with Crippen molar-refractivity contribution >= 4 is 40.9 Å². The summed E-state index contributed by atoms with van der Waals surface area (Å²) in [5.41, 5.74) is 1.27. The average molecular weight is 509 g/mol. The molecule has 0 aliphatic rings. The molecule has 0 spiro atoms. The lowest BCUT2D eigenvalue weighted by Gasteiger charge is -2.17. The summed E-state index contributed by atoms with van der Waals surface area (Å²) in [6, 6.07) is 16.2. The topological polar surface area (TPSA) is 63.2 Å². The summed E-state index contributed by atoms with van der Waals surface area (Å²) in [4.78, 5) is 13.7. The van der Waals surface area contributed by atoms with E-state index in [1.807, 2.05) is 30.3 Å². The van der Waals surface area contributed by atoms with Crippen molar-refractivity contribution in [1.82, 2.24) is 0 Å². The molecule has 0 unspecified atom stereocenters. The Morgan fingerprint density at radius 3 is 2.33 bits per heavy atom. The largest absolute Gasteiger partial charge is 0.493 e. The van der Waals surface area contributed by atoms with Gasteiger partial charge in [-0.1, -0.05) is 65.3 Å². The summed E-state index contributed by atoms with van der Waals surface area (Å²) in [6.07, 6.45) is 0. The fourth-order valence-corrected chi connectivity index (χ4v) is 4.66. The van der Waals surface area contributed by atoms with Crippen LogP contribution in [-0.4, -0.2) is 34.1 Å². The first-order valence-electron chi connectivity index (χ1n) is 9.72. The summed E-state index contributed by atoms with van der Waals surface area (Å²) in [5.74, 6) is 0.712. The van der Waals surface area contributed by atoms with Gasteiger partial charge in [0.2, 0.25) is 0 Å². The smallest absolute Gasteiger partial charge is 0.339 e. The Labute approximate surface area is 206 Å². The summed E-state index contributed by atoms with van der Waals surface area (Å²) >= 11 is 13.8. The zero-order valence-corrected chi connectivity index (χ0v) is 20.6. The average Bonchev–Trinajstić information content (AvgIpc) is 2.82. The Balaban J connectivity index is 2.00. The molecule has 3 aromatic rings.